The average molecular weight is 338 g/mol. The topological polar surface area (TPSA) is 72.9 Å². The van der Waals surface area contributed by atoms with Crippen LogP contribution in [0.15, 0.2) is 47.4 Å². The van der Waals surface area contributed by atoms with Crippen molar-refractivity contribution in [1.82, 2.24) is 29.9 Å². The van der Waals surface area contributed by atoms with Crippen LogP contribution in [-0.4, -0.2) is 43.0 Å². The molecule has 1 aliphatic heterocycles. The summed E-state index contributed by atoms with van der Waals surface area (Å²) in [7, 11) is 0. The van der Waals surface area contributed by atoms with Crippen LogP contribution < -0.4 is 0 Å². The van der Waals surface area contributed by atoms with E-state index in [1.54, 1.807) is 12.7 Å². The monoisotopic (exact) mass is 338 g/mol. The van der Waals surface area contributed by atoms with Crippen molar-refractivity contribution in [3.05, 3.63) is 60.3 Å². The lowest BCUT2D eigenvalue weighted by atomic mass is 9.98. The SMILES string of the molecule is c1ccc(Cc2nnc(CN3CCC[C@@H](Cn4cncn4)C3)o2)cc1. The number of hydrogen-bond acceptors (Lipinski definition) is 6. The summed E-state index contributed by atoms with van der Waals surface area (Å²) in [4.78, 5) is 6.41. The lowest BCUT2D eigenvalue weighted by Crippen LogP contribution is -2.36. The normalized spacial score (nSPS) is 18.5. The Kier molecular flexibility index (Phi) is 4.83. The minimum absolute atomic E-state index is 0.585. The summed E-state index contributed by atoms with van der Waals surface area (Å²) in [5.41, 5.74) is 1.18. The molecular weight excluding hydrogens is 316 g/mol. The van der Waals surface area contributed by atoms with E-state index in [9.17, 15) is 0 Å². The van der Waals surface area contributed by atoms with Crippen LogP contribution in [0.4, 0.5) is 0 Å². The largest absolute Gasteiger partial charge is 0.424 e. The molecule has 1 saturated heterocycles. The smallest absolute Gasteiger partial charge is 0.230 e. The molecule has 7 nitrogen and oxygen atoms in total. The second kappa shape index (κ2) is 7.57. The maximum atomic E-state index is 5.84. The van der Waals surface area contributed by atoms with E-state index in [1.807, 2.05) is 22.9 Å². The lowest BCUT2D eigenvalue weighted by Gasteiger charge is -2.31. The highest BCUT2D eigenvalue weighted by atomic mass is 16.4. The van der Waals surface area contributed by atoms with Gasteiger partial charge in [-0.05, 0) is 30.9 Å². The Morgan fingerprint density at radius 2 is 2.00 bits per heavy atom. The number of piperidine rings is 1. The molecule has 0 amide bonds. The summed E-state index contributed by atoms with van der Waals surface area (Å²) < 4.78 is 7.76. The number of rotatable bonds is 6. The van der Waals surface area contributed by atoms with Gasteiger partial charge >= 0.3 is 0 Å². The molecule has 1 aromatic carbocycles. The predicted octanol–water partition coefficient (Wildman–Crippen LogP) is 2.16. The molecule has 25 heavy (non-hydrogen) atoms. The highest BCUT2D eigenvalue weighted by molar-refractivity contribution is 5.17. The molecule has 2 aromatic heterocycles. The van der Waals surface area contributed by atoms with Crippen LogP contribution in [0.2, 0.25) is 0 Å². The minimum Gasteiger partial charge on any atom is -0.424 e. The van der Waals surface area contributed by atoms with Crippen molar-refractivity contribution in [2.45, 2.75) is 32.4 Å². The second-order valence-corrected chi connectivity index (χ2v) is 6.61. The van der Waals surface area contributed by atoms with Crippen molar-refractivity contribution >= 4 is 0 Å². The van der Waals surface area contributed by atoms with Gasteiger partial charge in [-0.2, -0.15) is 5.10 Å². The summed E-state index contributed by atoms with van der Waals surface area (Å²) in [6.45, 7) is 3.73. The Morgan fingerprint density at radius 3 is 2.84 bits per heavy atom. The molecular formula is C18H22N6O. The van der Waals surface area contributed by atoms with Crippen molar-refractivity contribution < 1.29 is 4.42 Å². The molecule has 1 fully saturated rings. The van der Waals surface area contributed by atoms with Crippen molar-refractivity contribution in [2.75, 3.05) is 13.1 Å². The third-order valence-electron chi connectivity index (χ3n) is 4.58. The minimum atomic E-state index is 0.585. The van der Waals surface area contributed by atoms with Crippen molar-refractivity contribution in [3.8, 4) is 0 Å². The summed E-state index contributed by atoms with van der Waals surface area (Å²) in [6.07, 6.45) is 6.46. The van der Waals surface area contributed by atoms with Crippen LogP contribution in [0.5, 0.6) is 0 Å². The quantitative estimate of drug-likeness (QED) is 0.686. The third-order valence-corrected chi connectivity index (χ3v) is 4.58. The Labute approximate surface area is 146 Å². The maximum Gasteiger partial charge on any atom is 0.230 e. The van der Waals surface area contributed by atoms with E-state index in [4.69, 9.17) is 4.42 Å². The van der Waals surface area contributed by atoms with Crippen molar-refractivity contribution in [3.63, 3.8) is 0 Å². The van der Waals surface area contributed by atoms with Crippen LogP contribution >= 0.6 is 0 Å². The van der Waals surface area contributed by atoms with Gasteiger partial charge in [0.25, 0.3) is 0 Å². The highest BCUT2D eigenvalue weighted by Crippen LogP contribution is 2.20. The van der Waals surface area contributed by atoms with E-state index in [2.05, 4.69) is 37.3 Å². The molecule has 3 aromatic rings. The fourth-order valence-corrected chi connectivity index (χ4v) is 3.42. The van der Waals surface area contributed by atoms with Gasteiger partial charge in [0, 0.05) is 13.1 Å². The van der Waals surface area contributed by atoms with Gasteiger partial charge in [-0.25, -0.2) is 4.98 Å². The van der Waals surface area contributed by atoms with Crippen molar-refractivity contribution in [2.24, 2.45) is 5.92 Å². The zero-order valence-electron chi connectivity index (χ0n) is 14.2. The second-order valence-electron chi connectivity index (χ2n) is 6.61. The Bertz CT molecular complexity index is 770. The van der Waals surface area contributed by atoms with E-state index < -0.39 is 0 Å². The van der Waals surface area contributed by atoms with E-state index in [-0.39, 0.29) is 0 Å². The number of likely N-dealkylation sites (tertiary alicyclic amines) is 1. The van der Waals surface area contributed by atoms with Crippen LogP contribution in [0, 0.1) is 5.92 Å². The van der Waals surface area contributed by atoms with Gasteiger partial charge in [0.1, 0.15) is 12.7 Å². The van der Waals surface area contributed by atoms with Gasteiger partial charge in [-0.3, -0.25) is 9.58 Å². The molecule has 0 N–H and O–H groups in total. The first-order chi connectivity index (χ1) is 12.3. The van der Waals surface area contributed by atoms with E-state index >= 15 is 0 Å². The van der Waals surface area contributed by atoms with Crippen LogP contribution in [0.3, 0.4) is 0 Å². The fraction of sp³-hybridized carbons (Fsp3) is 0.444. The molecule has 1 aliphatic rings. The first-order valence-corrected chi connectivity index (χ1v) is 8.75. The van der Waals surface area contributed by atoms with Gasteiger partial charge in [0.15, 0.2) is 0 Å². The van der Waals surface area contributed by atoms with Gasteiger partial charge < -0.3 is 4.42 Å². The van der Waals surface area contributed by atoms with Gasteiger partial charge in [-0.1, -0.05) is 30.3 Å². The number of aromatic nitrogens is 5. The van der Waals surface area contributed by atoms with Crippen LogP contribution in [-0.2, 0) is 19.5 Å². The Hall–Kier alpha value is -2.54. The zero-order chi connectivity index (χ0) is 16.9. The molecule has 0 radical (unpaired) electrons. The summed E-state index contributed by atoms with van der Waals surface area (Å²) >= 11 is 0. The highest BCUT2D eigenvalue weighted by Gasteiger charge is 2.22. The zero-order valence-corrected chi connectivity index (χ0v) is 14.2. The molecule has 3 heterocycles. The maximum absolute atomic E-state index is 5.84. The Morgan fingerprint density at radius 1 is 1.12 bits per heavy atom. The number of hydrogen-bond donors (Lipinski definition) is 0. The first-order valence-electron chi connectivity index (χ1n) is 8.75. The molecule has 130 valence electrons. The molecule has 7 heteroatoms. The lowest BCUT2D eigenvalue weighted by molar-refractivity contribution is 0.141. The predicted molar refractivity (Wildman–Crippen MR) is 91.6 cm³/mol. The number of nitrogens with zero attached hydrogens (tertiary/aromatic N) is 6. The fourth-order valence-electron chi connectivity index (χ4n) is 3.42. The summed E-state index contributed by atoms with van der Waals surface area (Å²) in [5.74, 6) is 1.96. The Balaban J connectivity index is 1.32. The van der Waals surface area contributed by atoms with Gasteiger partial charge in [0.05, 0.1) is 13.0 Å². The summed E-state index contributed by atoms with van der Waals surface area (Å²) in [5, 5.41) is 12.6. The van der Waals surface area contributed by atoms with E-state index in [0.29, 0.717) is 24.1 Å². The average Bonchev–Trinajstić information content (AvgIpc) is 3.29. The molecule has 4 rings (SSSR count). The molecule has 0 saturated carbocycles. The summed E-state index contributed by atoms with van der Waals surface area (Å²) in [6, 6.07) is 10.2. The molecule has 0 bridgehead atoms. The molecule has 0 unspecified atom stereocenters. The molecule has 0 spiro atoms. The van der Waals surface area contributed by atoms with E-state index in [1.165, 1.54) is 18.4 Å². The van der Waals surface area contributed by atoms with E-state index in [0.717, 1.165) is 26.2 Å². The molecule has 0 aliphatic carbocycles. The van der Waals surface area contributed by atoms with Gasteiger partial charge in [0.2, 0.25) is 11.8 Å². The number of benzene rings is 1. The van der Waals surface area contributed by atoms with Gasteiger partial charge in [-0.15, -0.1) is 10.2 Å². The van der Waals surface area contributed by atoms with Crippen LogP contribution in [0.25, 0.3) is 0 Å². The van der Waals surface area contributed by atoms with Crippen molar-refractivity contribution in [1.29, 1.82) is 0 Å². The van der Waals surface area contributed by atoms with Crippen LogP contribution in [0.1, 0.15) is 30.2 Å². The standard InChI is InChI=1S/C18H22N6O/c1-2-5-15(6-3-1)9-17-21-22-18(25-17)12-23-8-4-7-16(10-23)11-24-14-19-13-20-24/h1-3,5-6,13-14,16H,4,7-12H2/t16-/m1/s1. The first kappa shape index (κ1) is 16.0. The molecule has 1 atom stereocenters. The third kappa shape index (κ3) is 4.30.